The third-order valence-corrected chi connectivity index (χ3v) is 6.15. The van der Waals surface area contributed by atoms with Crippen LogP contribution in [0.25, 0.3) is 10.8 Å². The average molecular weight is 414 g/mol. The lowest BCUT2D eigenvalue weighted by Crippen LogP contribution is -2.35. The van der Waals surface area contributed by atoms with Crippen molar-refractivity contribution in [3.05, 3.63) is 88.7 Å². The third kappa shape index (κ3) is 3.44. The molecule has 0 saturated carbocycles. The van der Waals surface area contributed by atoms with Crippen molar-refractivity contribution in [3.8, 4) is 0 Å². The van der Waals surface area contributed by atoms with Crippen LogP contribution >= 0.6 is 11.3 Å². The van der Waals surface area contributed by atoms with Crippen LogP contribution in [-0.2, 0) is 13.0 Å². The molecule has 1 aliphatic rings. The zero-order valence-electron chi connectivity index (χ0n) is 16.0. The minimum Gasteiger partial charge on any atom is -0.333 e. The highest BCUT2D eigenvalue weighted by Crippen LogP contribution is 2.30. The number of carbonyl (C=O) groups excluding carboxylic acids is 2. The molecule has 5 rings (SSSR count). The van der Waals surface area contributed by atoms with Crippen molar-refractivity contribution >= 4 is 39.1 Å². The SMILES string of the molecule is O=C(Nc1nc2c(s1)CN(C(=O)c1cccc3ccccc13)CC2)c1ccccn1. The van der Waals surface area contributed by atoms with E-state index in [-0.39, 0.29) is 11.8 Å². The fraction of sp³-hybridized carbons (Fsp3) is 0.130. The van der Waals surface area contributed by atoms with Gasteiger partial charge in [0.2, 0.25) is 0 Å². The lowest BCUT2D eigenvalue weighted by atomic mass is 10.0. The molecule has 0 atom stereocenters. The standard InChI is InChI=1S/C23H18N4O2S/c28-21(19-10-3-4-12-24-19)26-23-25-18-11-13-27(14-20(18)30-23)22(29)17-9-5-7-15-6-1-2-8-16(15)17/h1-10,12H,11,13-14H2,(H,25,26,28). The van der Waals surface area contributed by atoms with Gasteiger partial charge in [-0.05, 0) is 29.0 Å². The normalized spacial score (nSPS) is 13.1. The van der Waals surface area contributed by atoms with Crippen LogP contribution in [0.3, 0.4) is 0 Å². The van der Waals surface area contributed by atoms with E-state index >= 15 is 0 Å². The lowest BCUT2D eigenvalue weighted by Gasteiger charge is -2.26. The number of carbonyl (C=O) groups is 2. The molecule has 0 aliphatic carbocycles. The molecule has 0 radical (unpaired) electrons. The first-order valence-electron chi connectivity index (χ1n) is 9.67. The first-order chi connectivity index (χ1) is 14.7. The summed E-state index contributed by atoms with van der Waals surface area (Å²) >= 11 is 1.41. The smallest absolute Gasteiger partial charge is 0.276 e. The van der Waals surface area contributed by atoms with E-state index in [0.29, 0.717) is 35.9 Å². The number of rotatable bonds is 3. The Morgan fingerprint density at radius 1 is 1.00 bits per heavy atom. The second-order valence-corrected chi connectivity index (χ2v) is 8.15. The van der Waals surface area contributed by atoms with Gasteiger partial charge in [-0.1, -0.05) is 53.8 Å². The molecular weight excluding hydrogens is 396 g/mol. The van der Waals surface area contributed by atoms with Crippen LogP contribution in [-0.4, -0.2) is 33.2 Å². The number of thiazole rings is 1. The fourth-order valence-electron chi connectivity index (χ4n) is 3.66. The summed E-state index contributed by atoms with van der Waals surface area (Å²) < 4.78 is 0. The number of pyridine rings is 1. The highest BCUT2D eigenvalue weighted by Gasteiger charge is 2.26. The van der Waals surface area contributed by atoms with E-state index in [1.54, 1.807) is 24.4 Å². The number of aromatic nitrogens is 2. The van der Waals surface area contributed by atoms with Gasteiger partial charge in [0.1, 0.15) is 5.69 Å². The van der Waals surface area contributed by atoms with Crippen LogP contribution in [0.1, 0.15) is 31.4 Å². The third-order valence-electron chi connectivity index (χ3n) is 5.16. The summed E-state index contributed by atoms with van der Waals surface area (Å²) in [5, 5.41) is 5.37. The molecule has 7 heteroatoms. The second-order valence-electron chi connectivity index (χ2n) is 7.06. The molecule has 30 heavy (non-hydrogen) atoms. The molecule has 6 nitrogen and oxygen atoms in total. The van der Waals surface area contributed by atoms with E-state index in [0.717, 1.165) is 21.3 Å². The number of amides is 2. The Morgan fingerprint density at radius 2 is 1.83 bits per heavy atom. The molecule has 2 amide bonds. The van der Waals surface area contributed by atoms with Crippen LogP contribution in [0.4, 0.5) is 5.13 Å². The molecule has 2 aromatic heterocycles. The Balaban J connectivity index is 1.35. The molecule has 1 N–H and O–H groups in total. The zero-order valence-corrected chi connectivity index (χ0v) is 16.9. The maximum Gasteiger partial charge on any atom is 0.276 e. The van der Waals surface area contributed by atoms with Gasteiger partial charge in [-0.25, -0.2) is 4.98 Å². The molecule has 3 heterocycles. The summed E-state index contributed by atoms with van der Waals surface area (Å²) in [4.78, 5) is 37.0. The lowest BCUT2D eigenvalue weighted by molar-refractivity contribution is 0.0738. The molecule has 148 valence electrons. The highest BCUT2D eigenvalue weighted by atomic mass is 32.1. The maximum absolute atomic E-state index is 13.2. The number of benzene rings is 2. The van der Waals surface area contributed by atoms with Gasteiger partial charge >= 0.3 is 0 Å². The molecule has 0 saturated heterocycles. The minimum atomic E-state index is -0.287. The van der Waals surface area contributed by atoms with Gasteiger partial charge in [-0.3, -0.25) is 19.9 Å². The van der Waals surface area contributed by atoms with E-state index in [9.17, 15) is 9.59 Å². The largest absolute Gasteiger partial charge is 0.333 e. The first kappa shape index (κ1) is 18.4. The van der Waals surface area contributed by atoms with Crippen LogP contribution in [0.15, 0.2) is 66.9 Å². The van der Waals surface area contributed by atoms with E-state index in [4.69, 9.17) is 0 Å². The number of fused-ring (bicyclic) bond motifs is 2. The van der Waals surface area contributed by atoms with Gasteiger partial charge in [-0.15, -0.1) is 0 Å². The van der Waals surface area contributed by atoms with E-state index in [1.165, 1.54) is 11.3 Å². The van der Waals surface area contributed by atoms with Gasteiger partial charge in [-0.2, -0.15) is 0 Å². The predicted octanol–water partition coefficient (Wildman–Crippen LogP) is 4.14. The van der Waals surface area contributed by atoms with Crippen LogP contribution in [0, 0.1) is 0 Å². The second kappa shape index (κ2) is 7.68. The summed E-state index contributed by atoms with van der Waals surface area (Å²) in [6, 6.07) is 18.9. The molecule has 0 fully saturated rings. The molecule has 4 aromatic rings. The number of anilines is 1. The van der Waals surface area contributed by atoms with Crippen molar-refractivity contribution < 1.29 is 9.59 Å². The van der Waals surface area contributed by atoms with Crippen molar-refractivity contribution in [2.45, 2.75) is 13.0 Å². The molecule has 1 aliphatic heterocycles. The van der Waals surface area contributed by atoms with Crippen molar-refractivity contribution in [1.29, 1.82) is 0 Å². The summed E-state index contributed by atoms with van der Waals surface area (Å²) in [6.07, 6.45) is 2.25. The van der Waals surface area contributed by atoms with Crippen LogP contribution in [0.5, 0.6) is 0 Å². The predicted molar refractivity (Wildman–Crippen MR) is 117 cm³/mol. The summed E-state index contributed by atoms with van der Waals surface area (Å²) in [7, 11) is 0. The van der Waals surface area contributed by atoms with Crippen molar-refractivity contribution in [2.75, 3.05) is 11.9 Å². The van der Waals surface area contributed by atoms with Crippen molar-refractivity contribution in [1.82, 2.24) is 14.9 Å². The fourth-order valence-corrected chi connectivity index (χ4v) is 4.68. The topological polar surface area (TPSA) is 75.2 Å². The van der Waals surface area contributed by atoms with Gasteiger partial charge in [0.05, 0.1) is 12.2 Å². The zero-order chi connectivity index (χ0) is 20.5. The molecular formula is C23H18N4O2S. The number of hydrogen-bond donors (Lipinski definition) is 1. The quantitative estimate of drug-likeness (QED) is 0.547. The highest BCUT2D eigenvalue weighted by molar-refractivity contribution is 7.15. The summed E-state index contributed by atoms with van der Waals surface area (Å²) in [5.41, 5.74) is 2.00. The van der Waals surface area contributed by atoms with E-state index in [2.05, 4.69) is 15.3 Å². The summed E-state index contributed by atoms with van der Waals surface area (Å²) in [5.74, 6) is -0.268. The van der Waals surface area contributed by atoms with Crippen molar-refractivity contribution in [3.63, 3.8) is 0 Å². The van der Waals surface area contributed by atoms with Crippen molar-refractivity contribution in [2.24, 2.45) is 0 Å². The van der Waals surface area contributed by atoms with Gasteiger partial charge in [0, 0.05) is 29.6 Å². The average Bonchev–Trinajstić information content (AvgIpc) is 3.20. The van der Waals surface area contributed by atoms with E-state index < -0.39 is 0 Å². The molecule has 0 unspecified atom stereocenters. The van der Waals surface area contributed by atoms with E-state index in [1.807, 2.05) is 47.4 Å². The first-order valence-corrected chi connectivity index (χ1v) is 10.5. The van der Waals surface area contributed by atoms with Gasteiger partial charge in [0.15, 0.2) is 5.13 Å². The van der Waals surface area contributed by atoms with Gasteiger partial charge < -0.3 is 4.90 Å². The monoisotopic (exact) mass is 414 g/mol. The number of nitrogens with zero attached hydrogens (tertiary/aromatic N) is 3. The maximum atomic E-state index is 13.2. The Bertz CT molecular complexity index is 1250. The number of hydrogen-bond acceptors (Lipinski definition) is 5. The Hall–Kier alpha value is -3.58. The Kier molecular flexibility index (Phi) is 4.72. The molecule has 2 aromatic carbocycles. The van der Waals surface area contributed by atoms with Gasteiger partial charge in [0.25, 0.3) is 11.8 Å². The molecule has 0 spiro atoms. The minimum absolute atomic E-state index is 0.0184. The summed E-state index contributed by atoms with van der Waals surface area (Å²) in [6.45, 7) is 1.10. The van der Waals surface area contributed by atoms with Crippen LogP contribution in [0.2, 0.25) is 0 Å². The van der Waals surface area contributed by atoms with Crippen LogP contribution < -0.4 is 5.32 Å². The number of nitrogens with one attached hydrogen (secondary N) is 1. The Morgan fingerprint density at radius 3 is 2.70 bits per heavy atom. The molecule has 0 bridgehead atoms. The Labute approximate surface area is 177 Å².